The van der Waals surface area contributed by atoms with Crippen molar-refractivity contribution in [3.63, 3.8) is 0 Å². The number of nitrogens with zero attached hydrogens (tertiary/aromatic N) is 4. The van der Waals surface area contributed by atoms with Crippen LogP contribution in [0.25, 0.3) is 11.5 Å². The molecule has 21 heavy (non-hydrogen) atoms. The van der Waals surface area contributed by atoms with E-state index in [1.54, 1.807) is 24.3 Å². The summed E-state index contributed by atoms with van der Waals surface area (Å²) in [7, 11) is 0. The van der Waals surface area contributed by atoms with Crippen molar-refractivity contribution in [1.82, 2.24) is 14.6 Å². The minimum absolute atomic E-state index is 0.183. The smallest absolute Gasteiger partial charge is 0.282 e. The molecule has 0 atom stereocenters. The van der Waals surface area contributed by atoms with Crippen molar-refractivity contribution < 1.29 is 4.42 Å². The van der Waals surface area contributed by atoms with Gasteiger partial charge in [0.1, 0.15) is 15.8 Å². The van der Waals surface area contributed by atoms with Gasteiger partial charge in [-0.25, -0.2) is 0 Å². The Labute approximate surface area is 137 Å². The predicted octanol–water partition coefficient (Wildman–Crippen LogP) is 4.52. The quantitative estimate of drug-likeness (QED) is 0.687. The Morgan fingerprint density at radius 1 is 1.19 bits per heavy atom. The summed E-state index contributed by atoms with van der Waals surface area (Å²) in [6.07, 6.45) is 0. The molecule has 0 aliphatic carbocycles. The van der Waals surface area contributed by atoms with Crippen LogP contribution in [0, 0.1) is 11.3 Å². The van der Waals surface area contributed by atoms with Crippen LogP contribution in [0.15, 0.2) is 38.1 Å². The SMILES string of the molecule is N#Cc1c(Cl)nsc1Sc1nnc(-c2ccc(Cl)cc2)o1. The summed E-state index contributed by atoms with van der Waals surface area (Å²) in [6.45, 7) is 0. The van der Waals surface area contributed by atoms with Gasteiger partial charge < -0.3 is 4.42 Å². The van der Waals surface area contributed by atoms with Crippen LogP contribution >= 0.6 is 46.5 Å². The van der Waals surface area contributed by atoms with E-state index in [2.05, 4.69) is 14.6 Å². The van der Waals surface area contributed by atoms with Gasteiger partial charge in [-0.1, -0.05) is 23.2 Å². The first-order valence-electron chi connectivity index (χ1n) is 5.50. The molecule has 0 bridgehead atoms. The second-order valence-electron chi connectivity index (χ2n) is 3.73. The minimum Gasteiger partial charge on any atom is -0.411 e. The molecule has 5 nitrogen and oxygen atoms in total. The van der Waals surface area contributed by atoms with Gasteiger partial charge in [0, 0.05) is 10.6 Å². The Morgan fingerprint density at radius 2 is 1.95 bits per heavy atom. The molecule has 2 aromatic heterocycles. The summed E-state index contributed by atoms with van der Waals surface area (Å²) < 4.78 is 10.1. The van der Waals surface area contributed by atoms with Crippen LogP contribution in [0.2, 0.25) is 10.2 Å². The summed E-state index contributed by atoms with van der Waals surface area (Å²) in [5.41, 5.74) is 1.08. The van der Waals surface area contributed by atoms with Crippen LogP contribution in [0.4, 0.5) is 0 Å². The Kier molecular flexibility index (Phi) is 4.12. The number of aromatic nitrogens is 3. The Bertz CT molecular complexity index is 823. The molecule has 0 unspecified atom stereocenters. The summed E-state index contributed by atoms with van der Waals surface area (Å²) >= 11 is 13.9. The first kappa shape index (κ1) is 14.4. The number of benzene rings is 1. The first-order valence-corrected chi connectivity index (χ1v) is 7.84. The van der Waals surface area contributed by atoms with E-state index >= 15 is 0 Å². The number of hydrogen-bond acceptors (Lipinski definition) is 7. The van der Waals surface area contributed by atoms with Crippen LogP contribution < -0.4 is 0 Å². The summed E-state index contributed by atoms with van der Waals surface area (Å²) in [5, 5.41) is 18.0. The molecule has 1 aromatic carbocycles. The zero-order chi connectivity index (χ0) is 14.8. The molecule has 3 rings (SSSR count). The van der Waals surface area contributed by atoms with E-state index in [1.165, 1.54) is 0 Å². The van der Waals surface area contributed by atoms with Gasteiger partial charge in [0.15, 0.2) is 5.15 Å². The molecular weight excluding hydrogens is 351 g/mol. The molecule has 0 saturated heterocycles. The van der Waals surface area contributed by atoms with E-state index in [1.807, 2.05) is 6.07 Å². The van der Waals surface area contributed by atoms with Gasteiger partial charge in [-0.3, -0.25) is 0 Å². The second-order valence-corrected chi connectivity index (χ2v) is 6.52. The molecule has 0 saturated carbocycles. The van der Waals surface area contributed by atoms with E-state index in [-0.39, 0.29) is 5.15 Å². The van der Waals surface area contributed by atoms with Crippen molar-refractivity contribution in [3.8, 4) is 17.5 Å². The van der Waals surface area contributed by atoms with Gasteiger partial charge in [0.2, 0.25) is 5.89 Å². The van der Waals surface area contributed by atoms with Crippen LogP contribution in [-0.2, 0) is 0 Å². The predicted molar refractivity (Wildman–Crippen MR) is 80.7 cm³/mol. The Balaban J connectivity index is 1.85. The first-order chi connectivity index (χ1) is 10.2. The number of rotatable bonds is 3. The fourth-order valence-electron chi connectivity index (χ4n) is 1.46. The van der Waals surface area contributed by atoms with E-state index < -0.39 is 0 Å². The van der Waals surface area contributed by atoms with Gasteiger partial charge >= 0.3 is 0 Å². The highest BCUT2D eigenvalue weighted by atomic mass is 35.5. The lowest BCUT2D eigenvalue weighted by Gasteiger charge is -1.94. The third-order valence-corrected chi connectivity index (χ3v) is 4.88. The second kappa shape index (κ2) is 6.03. The van der Waals surface area contributed by atoms with Crippen LogP contribution in [0.5, 0.6) is 0 Å². The van der Waals surface area contributed by atoms with Gasteiger partial charge in [0.25, 0.3) is 5.22 Å². The van der Waals surface area contributed by atoms with Crippen molar-refractivity contribution in [2.24, 2.45) is 0 Å². The summed E-state index contributed by atoms with van der Waals surface area (Å²) in [5.74, 6) is 0.378. The topological polar surface area (TPSA) is 75.6 Å². The highest BCUT2D eigenvalue weighted by molar-refractivity contribution is 8.00. The number of nitriles is 1. The van der Waals surface area contributed by atoms with Crippen LogP contribution in [-0.4, -0.2) is 14.6 Å². The molecule has 104 valence electrons. The zero-order valence-corrected chi connectivity index (χ0v) is 13.2. The molecular formula is C12H4Cl2N4OS2. The standard InChI is InChI=1S/C12H4Cl2N4OS2/c13-7-3-1-6(2-4-7)10-16-17-12(19-10)20-11-8(5-15)9(14)18-21-11/h1-4H. The zero-order valence-electron chi connectivity index (χ0n) is 10.1. The van der Waals surface area contributed by atoms with Gasteiger partial charge in [-0.2, -0.15) is 9.64 Å². The molecule has 9 heteroatoms. The Morgan fingerprint density at radius 3 is 2.67 bits per heavy atom. The van der Waals surface area contributed by atoms with Crippen molar-refractivity contribution >= 4 is 46.5 Å². The van der Waals surface area contributed by atoms with Gasteiger partial charge in [-0.05, 0) is 47.6 Å². The highest BCUT2D eigenvalue weighted by Crippen LogP contribution is 2.36. The monoisotopic (exact) mass is 354 g/mol. The maximum atomic E-state index is 9.02. The lowest BCUT2D eigenvalue weighted by molar-refractivity contribution is 0.466. The largest absolute Gasteiger partial charge is 0.411 e. The molecule has 0 amide bonds. The molecule has 3 aromatic rings. The highest BCUT2D eigenvalue weighted by Gasteiger charge is 2.17. The fourth-order valence-corrected chi connectivity index (χ4v) is 3.50. The van der Waals surface area contributed by atoms with Crippen molar-refractivity contribution in [2.45, 2.75) is 9.43 Å². The van der Waals surface area contributed by atoms with E-state index in [0.717, 1.165) is 28.9 Å². The van der Waals surface area contributed by atoms with Gasteiger partial charge in [-0.15, -0.1) is 10.2 Å². The summed E-state index contributed by atoms with van der Waals surface area (Å²) in [6, 6.07) is 9.05. The van der Waals surface area contributed by atoms with Crippen LogP contribution in [0.3, 0.4) is 0 Å². The van der Waals surface area contributed by atoms with E-state index in [0.29, 0.717) is 25.9 Å². The molecule has 0 aliphatic rings. The lowest BCUT2D eigenvalue weighted by atomic mass is 10.2. The fraction of sp³-hybridized carbons (Fsp3) is 0. The average Bonchev–Trinajstić information content (AvgIpc) is 3.07. The molecule has 0 fully saturated rings. The molecule has 0 N–H and O–H groups in total. The Hall–Kier alpha value is -1.59. The third-order valence-electron chi connectivity index (χ3n) is 2.41. The molecule has 0 aliphatic heterocycles. The van der Waals surface area contributed by atoms with E-state index in [4.69, 9.17) is 32.9 Å². The third kappa shape index (κ3) is 3.04. The summed E-state index contributed by atoms with van der Waals surface area (Å²) in [4.78, 5) is 0. The lowest BCUT2D eigenvalue weighted by Crippen LogP contribution is -1.76. The molecule has 2 heterocycles. The number of halogens is 2. The van der Waals surface area contributed by atoms with Crippen LogP contribution in [0.1, 0.15) is 5.56 Å². The van der Waals surface area contributed by atoms with Crippen molar-refractivity contribution in [1.29, 1.82) is 5.26 Å². The van der Waals surface area contributed by atoms with Crippen molar-refractivity contribution in [2.75, 3.05) is 0 Å². The number of hydrogen-bond donors (Lipinski definition) is 0. The normalized spacial score (nSPS) is 10.5. The van der Waals surface area contributed by atoms with Crippen molar-refractivity contribution in [3.05, 3.63) is 40.0 Å². The van der Waals surface area contributed by atoms with E-state index in [9.17, 15) is 0 Å². The van der Waals surface area contributed by atoms with Gasteiger partial charge in [0.05, 0.1) is 0 Å². The average molecular weight is 355 g/mol. The molecule has 0 spiro atoms. The maximum absolute atomic E-state index is 9.02. The maximum Gasteiger partial charge on any atom is 0.282 e. The minimum atomic E-state index is 0.183. The molecule has 0 radical (unpaired) electrons.